The van der Waals surface area contributed by atoms with Crippen molar-refractivity contribution >= 4 is 57.0 Å². The number of nitrogens with one attached hydrogen (secondary N) is 4. The van der Waals surface area contributed by atoms with Crippen molar-refractivity contribution in [2.75, 3.05) is 31.5 Å². The zero-order valence-corrected chi connectivity index (χ0v) is 19.9. The fourth-order valence-electron chi connectivity index (χ4n) is 3.16. The van der Waals surface area contributed by atoms with Crippen LogP contribution in [0, 0.1) is 0 Å². The second-order valence-electron chi connectivity index (χ2n) is 7.30. The number of carbonyl (C=O) groups excluding carboxylic acids is 2. The molecule has 11 heteroatoms. The van der Waals surface area contributed by atoms with Crippen molar-refractivity contribution in [2.45, 2.75) is 12.3 Å². The van der Waals surface area contributed by atoms with Gasteiger partial charge in [-0.05, 0) is 48.4 Å². The van der Waals surface area contributed by atoms with E-state index in [2.05, 4.69) is 42.2 Å². The van der Waals surface area contributed by atoms with Gasteiger partial charge < -0.3 is 26.4 Å². The Balaban J connectivity index is 1.52. The number of nitrogens with zero attached hydrogens (tertiary/aromatic N) is 1. The Kier molecular flexibility index (Phi) is 8.67. The van der Waals surface area contributed by atoms with Gasteiger partial charge in [0.25, 0.3) is 5.91 Å². The quantitative estimate of drug-likeness (QED) is 0.352. The van der Waals surface area contributed by atoms with Crippen molar-refractivity contribution in [2.24, 2.45) is 4.99 Å². The van der Waals surface area contributed by atoms with Crippen LogP contribution < -0.4 is 21.3 Å². The van der Waals surface area contributed by atoms with Crippen molar-refractivity contribution in [3.63, 3.8) is 0 Å². The molecule has 9 nitrogen and oxygen atoms in total. The summed E-state index contributed by atoms with van der Waals surface area (Å²) in [6, 6.07) is 11.6. The molecule has 33 heavy (non-hydrogen) atoms. The van der Waals surface area contributed by atoms with E-state index in [1.54, 1.807) is 30.3 Å². The summed E-state index contributed by atoms with van der Waals surface area (Å²) in [5.74, 6) is -2.38. The van der Waals surface area contributed by atoms with Gasteiger partial charge in [-0.3, -0.25) is 19.4 Å². The maximum atomic E-state index is 12.5. The van der Waals surface area contributed by atoms with E-state index in [-0.39, 0.29) is 13.1 Å². The molecule has 0 bridgehead atoms. The van der Waals surface area contributed by atoms with Gasteiger partial charge in [0.2, 0.25) is 5.91 Å². The van der Waals surface area contributed by atoms with Gasteiger partial charge >= 0.3 is 5.97 Å². The van der Waals surface area contributed by atoms with Crippen LogP contribution in [0.4, 0.5) is 5.69 Å². The number of hydrogen-bond acceptors (Lipinski definition) is 6. The lowest BCUT2D eigenvalue weighted by molar-refractivity contribution is -0.138. The third-order valence-corrected chi connectivity index (χ3v) is 5.46. The number of carboxylic acids is 1. The number of rotatable bonds is 8. The molecule has 0 radical (unpaired) electrons. The standard InChI is InChI=1S/C22H23BrClN5O4/c23-15-7-14(8-16(24)10-15)18(21(32)33)11-27-19(30)12-28-20(31)13-3-1-4-17(9-13)29-22-25-5-2-6-26-22/h1,3-4,7-10,18H,2,5-6,11-12H2,(H,27,30)(H,28,31)(H,32,33)(H2,25,26,29). The summed E-state index contributed by atoms with van der Waals surface area (Å²) in [5.41, 5.74) is 1.52. The highest BCUT2D eigenvalue weighted by Crippen LogP contribution is 2.25. The van der Waals surface area contributed by atoms with E-state index < -0.39 is 23.7 Å². The van der Waals surface area contributed by atoms with E-state index >= 15 is 0 Å². The number of carbonyl (C=O) groups is 3. The monoisotopic (exact) mass is 535 g/mol. The van der Waals surface area contributed by atoms with Crippen LogP contribution in [0.1, 0.15) is 28.3 Å². The van der Waals surface area contributed by atoms with Gasteiger partial charge in [-0.25, -0.2) is 0 Å². The smallest absolute Gasteiger partial charge is 0.312 e. The number of guanidine groups is 1. The first-order valence-corrected chi connectivity index (χ1v) is 11.4. The average Bonchev–Trinajstić information content (AvgIpc) is 2.77. The summed E-state index contributed by atoms with van der Waals surface area (Å²) in [6.07, 6.45) is 0.972. The van der Waals surface area contributed by atoms with Crippen LogP contribution in [0.3, 0.4) is 0 Å². The Labute approximate surface area is 204 Å². The maximum absolute atomic E-state index is 12.5. The average molecular weight is 537 g/mol. The fraction of sp³-hybridized carbons (Fsp3) is 0.273. The first kappa shape index (κ1) is 24.5. The first-order valence-electron chi connectivity index (χ1n) is 10.2. The molecule has 1 aliphatic heterocycles. The molecular formula is C22H23BrClN5O4. The largest absolute Gasteiger partial charge is 0.481 e. The Bertz CT molecular complexity index is 1060. The minimum atomic E-state index is -1.10. The topological polar surface area (TPSA) is 132 Å². The van der Waals surface area contributed by atoms with Crippen LogP contribution >= 0.6 is 27.5 Å². The predicted molar refractivity (Wildman–Crippen MR) is 130 cm³/mol. The highest BCUT2D eigenvalue weighted by Gasteiger charge is 2.22. The molecule has 0 aromatic heterocycles. The molecule has 2 aromatic rings. The minimum absolute atomic E-state index is 0.147. The normalized spacial score (nSPS) is 13.8. The van der Waals surface area contributed by atoms with Gasteiger partial charge in [-0.1, -0.05) is 33.6 Å². The van der Waals surface area contributed by atoms with Crippen molar-refractivity contribution in [1.82, 2.24) is 16.0 Å². The fourth-order valence-corrected chi connectivity index (χ4v) is 4.04. The summed E-state index contributed by atoms with van der Waals surface area (Å²) in [5, 5.41) is 21.3. The van der Waals surface area contributed by atoms with Crippen LogP contribution in [-0.2, 0) is 9.59 Å². The Morgan fingerprint density at radius 1 is 1.18 bits per heavy atom. The lowest BCUT2D eigenvalue weighted by atomic mass is 9.99. The lowest BCUT2D eigenvalue weighted by Gasteiger charge is -2.16. The molecule has 5 N–H and O–H groups in total. The van der Waals surface area contributed by atoms with Crippen LogP contribution in [0.15, 0.2) is 51.9 Å². The predicted octanol–water partition coefficient (Wildman–Crippen LogP) is 2.58. The van der Waals surface area contributed by atoms with E-state index in [0.29, 0.717) is 32.3 Å². The van der Waals surface area contributed by atoms with E-state index in [0.717, 1.165) is 19.5 Å². The SMILES string of the molecule is O=C(CNC(=O)c1cccc(NC2=NCCCN2)c1)NCC(C(=O)O)c1cc(Cl)cc(Br)c1. The highest BCUT2D eigenvalue weighted by molar-refractivity contribution is 9.10. The van der Waals surface area contributed by atoms with Crippen LogP contribution in [0.5, 0.6) is 0 Å². The third-order valence-electron chi connectivity index (χ3n) is 4.78. The van der Waals surface area contributed by atoms with Crippen LogP contribution in [0.25, 0.3) is 0 Å². The zero-order chi connectivity index (χ0) is 23.8. The summed E-state index contributed by atoms with van der Waals surface area (Å²) < 4.78 is 0.637. The van der Waals surface area contributed by atoms with Crippen molar-refractivity contribution in [3.8, 4) is 0 Å². The number of anilines is 1. The molecule has 174 valence electrons. The highest BCUT2D eigenvalue weighted by atomic mass is 79.9. The molecule has 0 fully saturated rings. The minimum Gasteiger partial charge on any atom is -0.481 e. The summed E-state index contributed by atoms with van der Waals surface area (Å²) >= 11 is 9.28. The Morgan fingerprint density at radius 3 is 2.70 bits per heavy atom. The van der Waals surface area contributed by atoms with Gasteiger partial charge in [0, 0.05) is 40.4 Å². The number of benzene rings is 2. The van der Waals surface area contributed by atoms with E-state index in [9.17, 15) is 19.5 Å². The van der Waals surface area contributed by atoms with E-state index in [1.807, 2.05) is 6.07 Å². The summed E-state index contributed by atoms with van der Waals surface area (Å²) in [4.78, 5) is 40.7. The molecule has 1 unspecified atom stereocenters. The molecular weight excluding hydrogens is 514 g/mol. The van der Waals surface area contributed by atoms with Crippen molar-refractivity contribution < 1.29 is 19.5 Å². The summed E-state index contributed by atoms with van der Waals surface area (Å²) in [6.45, 7) is 1.13. The molecule has 0 spiro atoms. The van der Waals surface area contributed by atoms with Gasteiger partial charge in [-0.2, -0.15) is 0 Å². The summed E-state index contributed by atoms with van der Waals surface area (Å²) in [7, 11) is 0. The molecule has 1 heterocycles. The lowest BCUT2D eigenvalue weighted by Crippen LogP contribution is -2.39. The molecule has 2 amide bonds. The number of halogens is 2. The molecule has 0 saturated heterocycles. The van der Waals surface area contributed by atoms with E-state index in [4.69, 9.17) is 11.6 Å². The van der Waals surface area contributed by atoms with Crippen LogP contribution in [0.2, 0.25) is 5.02 Å². The molecule has 3 rings (SSSR count). The molecule has 1 aliphatic rings. The number of amides is 2. The first-order chi connectivity index (χ1) is 15.8. The Hall–Kier alpha value is -3.11. The Morgan fingerprint density at radius 2 is 2.00 bits per heavy atom. The number of carboxylic acid groups (broad SMARTS) is 1. The van der Waals surface area contributed by atoms with Gasteiger partial charge in [0.1, 0.15) is 0 Å². The van der Waals surface area contributed by atoms with Crippen LogP contribution in [-0.4, -0.2) is 55.0 Å². The second kappa shape index (κ2) is 11.7. The zero-order valence-electron chi connectivity index (χ0n) is 17.5. The molecule has 0 saturated carbocycles. The van der Waals surface area contributed by atoms with Crippen molar-refractivity contribution in [1.29, 1.82) is 0 Å². The van der Waals surface area contributed by atoms with Crippen molar-refractivity contribution in [3.05, 3.63) is 63.1 Å². The van der Waals surface area contributed by atoms with E-state index in [1.165, 1.54) is 6.07 Å². The third kappa shape index (κ3) is 7.47. The van der Waals surface area contributed by atoms with Gasteiger partial charge in [0.05, 0.1) is 12.5 Å². The molecule has 2 aromatic carbocycles. The maximum Gasteiger partial charge on any atom is 0.312 e. The molecule has 0 aliphatic carbocycles. The number of aliphatic imine (C=N–C) groups is 1. The van der Waals surface area contributed by atoms with Gasteiger partial charge in [0.15, 0.2) is 5.96 Å². The number of aliphatic carboxylic acids is 1. The number of hydrogen-bond donors (Lipinski definition) is 5. The van der Waals surface area contributed by atoms with Gasteiger partial charge in [-0.15, -0.1) is 0 Å². The molecule has 1 atom stereocenters. The second-order valence-corrected chi connectivity index (χ2v) is 8.65.